The van der Waals surface area contributed by atoms with Gasteiger partial charge in [-0.25, -0.2) is 22.0 Å². The molecule has 0 spiro atoms. The van der Waals surface area contributed by atoms with E-state index in [-0.39, 0.29) is 5.75 Å². The Kier molecular flexibility index (Phi) is 7.76. The van der Waals surface area contributed by atoms with E-state index in [4.69, 9.17) is 4.74 Å². The number of rotatable bonds is 5. The summed E-state index contributed by atoms with van der Waals surface area (Å²) in [5, 5.41) is 0. The second-order valence-electron chi connectivity index (χ2n) is 4.83. The first-order chi connectivity index (χ1) is 12.8. The number of carbonyl (C=O) groups excluding carboxylic acids is 1. The zero-order valence-electron chi connectivity index (χ0n) is 12.9. The van der Waals surface area contributed by atoms with Crippen LogP contribution in [-0.2, 0) is 14.9 Å². The molecule has 2 rings (SSSR count). The van der Waals surface area contributed by atoms with E-state index >= 15 is 0 Å². The highest BCUT2D eigenvalue weighted by Crippen LogP contribution is 2.33. The number of esters is 1. The van der Waals surface area contributed by atoms with Gasteiger partial charge in [0, 0.05) is 3.57 Å². The molecule has 14 heteroatoms. The van der Waals surface area contributed by atoms with Crippen molar-refractivity contribution in [2.75, 3.05) is 6.61 Å². The number of ether oxygens (including phenoxy) is 2. The van der Waals surface area contributed by atoms with Crippen molar-refractivity contribution in [3.63, 3.8) is 0 Å². The van der Waals surface area contributed by atoms with Gasteiger partial charge in [0.15, 0.2) is 29.7 Å². The molecule has 0 saturated carbocycles. The third-order valence-electron chi connectivity index (χ3n) is 2.95. The summed E-state index contributed by atoms with van der Waals surface area (Å²) in [6.45, 7) is -1.16. The second kappa shape index (κ2) is 9.13. The van der Waals surface area contributed by atoms with Gasteiger partial charge in [0.25, 0.3) is 0 Å². The molecular formula is C14H4F4I3O6S-. The van der Waals surface area contributed by atoms with Gasteiger partial charge in [-0.05, 0) is 79.9 Å². The van der Waals surface area contributed by atoms with Crippen molar-refractivity contribution in [3.8, 4) is 11.5 Å². The minimum Gasteiger partial charge on any atom is -0.744 e. The standard InChI is InChI=1S/C14H5F4I3O6S/c15-8-10(17)14(28(23,24)25)11(18)9(16)13(8)26-3-7(22)27-12-5(20)1-4(19)2-6(12)21/h1-2H,3H2,(H,23,24,25)/p-1. The van der Waals surface area contributed by atoms with Crippen LogP contribution in [0.5, 0.6) is 11.5 Å². The first-order valence-corrected chi connectivity index (χ1v) is 11.3. The summed E-state index contributed by atoms with van der Waals surface area (Å²) in [5.41, 5.74) is 0. The fraction of sp³-hybridized carbons (Fsp3) is 0.0714. The average Bonchev–Trinajstić information content (AvgIpc) is 2.55. The summed E-state index contributed by atoms with van der Waals surface area (Å²) in [4.78, 5) is 9.54. The Morgan fingerprint density at radius 3 is 1.82 bits per heavy atom. The van der Waals surface area contributed by atoms with Crippen LogP contribution in [0, 0.1) is 34.0 Å². The molecule has 0 radical (unpaired) electrons. The lowest BCUT2D eigenvalue weighted by Crippen LogP contribution is -2.21. The van der Waals surface area contributed by atoms with E-state index in [9.17, 15) is 35.3 Å². The van der Waals surface area contributed by atoms with Crippen LogP contribution in [0.3, 0.4) is 0 Å². The van der Waals surface area contributed by atoms with Crippen LogP contribution in [0.2, 0.25) is 0 Å². The lowest BCUT2D eigenvalue weighted by molar-refractivity contribution is -0.136. The molecule has 0 N–H and O–H groups in total. The van der Waals surface area contributed by atoms with Crippen LogP contribution in [0.15, 0.2) is 17.0 Å². The van der Waals surface area contributed by atoms with Crippen molar-refractivity contribution >= 4 is 83.9 Å². The molecular weight excluding hydrogens is 753 g/mol. The van der Waals surface area contributed by atoms with E-state index < -0.39 is 56.6 Å². The molecule has 152 valence electrons. The molecule has 6 nitrogen and oxygen atoms in total. The Morgan fingerprint density at radius 1 is 0.929 bits per heavy atom. The summed E-state index contributed by atoms with van der Waals surface area (Å²) in [6, 6.07) is 3.36. The van der Waals surface area contributed by atoms with Crippen LogP contribution >= 0.6 is 67.8 Å². The van der Waals surface area contributed by atoms with Gasteiger partial charge in [0.2, 0.25) is 11.6 Å². The van der Waals surface area contributed by atoms with Crippen molar-refractivity contribution < 1.29 is 44.8 Å². The van der Waals surface area contributed by atoms with E-state index in [2.05, 4.69) is 4.74 Å². The highest BCUT2D eigenvalue weighted by Gasteiger charge is 2.30. The summed E-state index contributed by atoms with van der Waals surface area (Å²) in [7, 11) is -5.84. The van der Waals surface area contributed by atoms with Crippen LogP contribution in [0.1, 0.15) is 0 Å². The van der Waals surface area contributed by atoms with Crippen molar-refractivity contribution in [2.45, 2.75) is 4.90 Å². The van der Waals surface area contributed by atoms with Crippen molar-refractivity contribution in [3.05, 3.63) is 46.1 Å². The molecule has 0 aromatic heterocycles. The Labute approximate surface area is 196 Å². The number of hydrogen-bond acceptors (Lipinski definition) is 6. The fourth-order valence-corrected chi connectivity index (χ4v) is 6.26. The summed E-state index contributed by atoms with van der Waals surface area (Å²) in [6.07, 6.45) is 0. The Bertz CT molecular complexity index is 1030. The molecule has 0 fully saturated rings. The number of hydrogen-bond donors (Lipinski definition) is 0. The van der Waals surface area contributed by atoms with Gasteiger partial charge in [-0.3, -0.25) is 0 Å². The molecule has 0 atom stereocenters. The van der Waals surface area contributed by atoms with Gasteiger partial charge in [0.05, 0.1) is 7.14 Å². The molecule has 0 unspecified atom stereocenters. The fourth-order valence-electron chi connectivity index (χ4n) is 1.84. The maximum absolute atomic E-state index is 13.8. The predicted octanol–water partition coefficient (Wildman–Crippen LogP) is 3.95. The highest BCUT2D eigenvalue weighted by atomic mass is 127. The Morgan fingerprint density at radius 2 is 1.39 bits per heavy atom. The number of carbonyl (C=O) groups is 1. The topological polar surface area (TPSA) is 92.7 Å². The van der Waals surface area contributed by atoms with Gasteiger partial charge >= 0.3 is 5.97 Å². The third kappa shape index (κ3) is 5.17. The van der Waals surface area contributed by atoms with Crippen LogP contribution in [0.4, 0.5) is 17.6 Å². The number of benzene rings is 2. The first-order valence-electron chi connectivity index (χ1n) is 6.64. The van der Waals surface area contributed by atoms with Gasteiger partial charge in [-0.1, -0.05) is 0 Å². The molecule has 0 aliphatic heterocycles. The first kappa shape index (κ1) is 23.8. The molecule has 0 aliphatic rings. The minimum absolute atomic E-state index is 0.140. The summed E-state index contributed by atoms with van der Waals surface area (Å²) < 4.78 is 98.6. The van der Waals surface area contributed by atoms with E-state index in [1.54, 1.807) is 12.1 Å². The zero-order valence-corrected chi connectivity index (χ0v) is 20.2. The van der Waals surface area contributed by atoms with Crippen LogP contribution < -0.4 is 9.47 Å². The maximum Gasteiger partial charge on any atom is 0.349 e. The Balaban J connectivity index is 2.27. The summed E-state index contributed by atoms with van der Waals surface area (Å²) in [5.74, 6) is -12.2. The zero-order chi connectivity index (χ0) is 21.4. The molecule has 0 heterocycles. The van der Waals surface area contributed by atoms with Crippen LogP contribution in [0.25, 0.3) is 0 Å². The van der Waals surface area contributed by atoms with Gasteiger partial charge in [0.1, 0.15) is 15.0 Å². The van der Waals surface area contributed by atoms with Gasteiger partial charge in [-0.2, -0.15) is 8.78 Å². The molecule has 0 saturated heterocycles. The minimum atomic E-state index is -5.84. The lowest BCUT2D eigenvalue weighted by atomic mass is 10.3. The van der Waals surface area contributed by atoms with Gasteiger partial charge in [-0.15, -0.1) is 0 Å². The smallest absolute Gasteiger partial charge is 0.349 e. The number of halogens is 7. The molecule has 2 aromatic rings. The van der Waals surface area contributed by atoms with E-state index in [1.807, 2.05) is 67.8 Å². The summed E-state index contributed by atoms with van der Waals surface area (Å²) >= 11 is 5.80. The van der Waals surface area contributed by atoms with Crippen molar-refractivity contribution in [1.29, 1.82) is 0 Å². The highest BCUT2D eigenvalue weighted by molar-refractivity contribution is 14.1. The predicted molar refractivity (Wildman–Crippen MR) is 110 cm³/mol. The molecule has 0 bridgehead atoms. The largest absolute Gasteiger partial charge is 0.744 e. The molecule has 0 amide bonds. The lowest BCUT2D eigenvalue weighted by Gasteiger charge is -2.15. The average molecular weight is 757 g/mol. The van der Waals surface area contributed by atoms with Crippen molar-refractivity contribution in [1.82, 2.24) is 0 Å². The SMILES string of the molecule is O=C(COc1c(F)c(F)c(S(=O)(=O)[O-])c(F)c1F)Oc1c(I)cc(I)cc1I. The maximum atomic E-state index is 13.8. The monoisotopic (exact) mass is 757 g/mol. The normalized spacial score (nSPS) is 11.4. The van der Waals surface area contributed by atoms with E-state index in [0.29, 0.717) is 7.14 Å². The molecule has 0 aliphatic carbocycles. The Hall–Kier alpha value is -0.470. The third-order valence-corrected chi connectivity index (χ3v) is 6.03. The van der Waals surface area contributed by atoms with Gasteiger partial charge < -0.3 is 14.0 Å². The van der Waals surface area contributed by atoms with E-state index in [0.717, 1.165) is 3.57 Å². The molecule has 2 aromatic carbocycles. The molecule has 28 heavy (non-hydrogen) atoms. The van der Waals surface area contributed by atoms with Crippen LogP contribution in [-0.4, -0.2) is 25.5 Å². The second-order valence-corrected chi connectivity index (χ2v) is 9.72. The quantitative estimate of drug-likeness (QED) is 0.115. The van der Waals surface area contributed by atoms with Crippen molar-refractivity contribution in [2.24, 2.45) is 0 Å². The van der Waals surface area contributed by atoms with E-state index in [1.165, 1.54) is 0 Å².